The zero-order valence-corrected chi connectivity index (χ0v) is 10.6. The summed E-state index contributed by atoms with van der Waals surface area (Å²) in [6.07, 6.45) is 2.69. The monoisotopic (exact) mass is 213 g/mol. The normalized spacial score (nSPS) is 20.4. The second-order valence-corrected chi connectivity index (χ2v) is 5.11. The Hall–Kier alpha value is -0.120. The van der Waals surface area contributed by atoms with E-state index in [0.29, 0.717) is 6.04 Å². The van der Waals surface area contributed by atoms with E-state index in [0.717, 1.165) is 19.0 Å². The number of hydrogen-bond donors (Lipinski definition) is 1. The zero-order chi connectivity index (χ0) is 11.3. The van der Waals surface area contributed by atoms with Crippen LogP contribution in [-0.2, 0) is 0 Å². The fourth-order valence-corrected chi connectivity index (χ4v) is 2.19. The van der Waals surface area contributed by atoms with E-state index in [2.05, 4.69) is 30.7 Å². The van der Waals surface area contributed by atoms with E-state index in [1.807, 2.05) is 0 Å². The molecule has 0 atom stereocenters. The first-order valence-corrected chi connectivity index (χ1v) is 6.26. The standard InChI is InChI=1S/C12H27N3/c1-11(2)14(3)10-12-4-7-15(8-5-12)9-6-13/h11-12H,4-10,13H2,1-3H3. The lowest BCUT2D eigenvalue weighted by atomic mass is 9.96. The summed E-state index contributed by atoms with van der Waals surface area (Å²) in [5.41, 5.74) is 5.56. The van der Waals surface area contributed by atoms with Crippen LogP contribution in [-0.4, -0.2) is 55.6 Å². The predicted molar refractivity (Wildman–Crippen MR) is 66.0 cm³/mol. The number of hydrogen-bond acceptors (Lipinski definition) is 3. The zero-order valence-electron chi connectivity index (χ0n) is 10.6. The van der Waals surface area contributed by atoms with Crippen LogP contribution in [0.1, 0.15) is 26.7 Å². The summed E-state index contributed by atoms with van der Waals surface area (Å²) in [6, 6.07) is 0.673. The minimum absolute atomic E-state index is 0.673. The Morgan fingerprint density at radius 3 is 2.40 bits per heavy atom. The van der Waals surface area contributed by atoms with Gasteiger partial charge in [0, 0.05) is 25.7 Å². The molecule has 90 valence electrons. The lowest BCUT2D eigenvalue weighted by molar-refractivity contribution is 0.145. The first-order valence-electron chi connectivity index (χ1n) is 6.26. The van der Waals surface area contributed by atoms with E-state index in [-0.39, 0.29) is 0 Å². The fraction of sp³-hybridized carbons (Fsp3) is 1.00. The molecule has 0 spiro atoms. The molecule has 0 saturated carbocycles. The molecule has 1 fully saturated rings. The van der Waals surface area contributed by atoms with Gasteiger partial charge in [0.25, 0.3) is 0 Å². The maximum atomic E-state index is 5.56. The van der Waals surface area contributed by atoms with Gasteiger partial charge in [-0.15, -0.1) is 0 Å². The SMILES string of the molecule is CC(C)N(C)CC1CCN(CCN)CC1. The van der Waals surface area contributed by atoms with Gasteiger partial charge >= 0.3 is 0 Å². The van der Waals surface area contributed by atoms with E-state index < -0.39 is 0 Å². The molecule has 1 aliphatic heterocycles. The fourth-order valence-electron chi connectivity index (χ4n) is 2.19. The third kappa shape index (κ3) is 4.49. The molecule has 1 saturated heterocycles. The Bertz CT molecular complexity index is 162. The molecule has 0 radical (unpaired) electrons. The van der Waals surface area contributed by atoms with E-state index in [4.69, 9.17) is 5.73 Å². The molecule has 3 heteroatoms. The Morgan fingerprint density at radius 2 is 1.93 bits per heavy atom. The Labute approximate surface area is 94.6 Å². The number of piperidine rings is 1. The molecule has 0 aromatic carbocycles. The van der Waals surface area contributed by atoms with E-state index in [1.165, 1.54) is 32.5 Å². The molecule has 2 N–H and O–H groups in total. The summed E-state index contributed by atoms with van der Waals surface area (Å²) >= 11 is 0. The highest BCUT2D eigenvalue weighted by atomic mass is 15.1. The van der Waals surface area contributed by atoms with E-state index in [1.54, 1.807) is 0 Å². The van der Waals surface area contributed by atoms with Crippen molar-refractivity contribution in [3.63, 3.8) is 0 Å². The molecule has 15 heavy (non-hydrogen) atoms. The topological polar surface area (TPSA) is 32.5 Å². The van der Waals surface area contributed by atoms with E-state index in [9.17, 15) is 0 Å². The van der Waals surface area contributed by atoms with Crippen LogP contribution in [0, 0.1) is 5.92 Å². The van der Waals surface area contributed by atoms with Crippen molar-refractivity contribution < 1.29 is 0 Å². The summed E-state index contributed by atoms with van der Waals surface area (Å²) in [4.78, 5) is 4.95. The number of rotatable bonds is 5. The van der Waals surface area contributed by atoms with Crippen molar-refractivity contribution >= 4 is 0 Å². The predicted octanol–water partition coefficient (Wildman–Crippen LogP) is 0.997. The minimum Gasteiger partial charge on any atom is -0.329 e. The van der Waals surface area contributed by atoms with Crippen LogP contribution in [0.2, 0.25) is 0 Å². The molecule has 3 nitrogen and oxygen atoms in total. The van der Waals surface area contributed by atoms with Crippen LogP contribution in [0.15, 0.2) is 0 Å². The van der Waals surface area contributed by atoms with Crippen molar-refractivity contribution in [3.8, 4) is 0 Å². The second kappa shape index (κ2) is 6.46. The molecule has 0 bridgehead atoms. The Morgan fingerprint density at radius 1 is 1.33 bits per heavy atom. The van der Waals surface area contributed by atoms with Crippen molar-refractivity contribution in [2.75, 3.05) is 39.8 Å². The van der Waals surface area contributed by atoms with E-state index >= 15 is 0 Å². The highest BCUT2D eigenvalue weighted by Crippen LogP contribution is 2.18. The van der Waals surface area contributed by atoms with Gasteiger partial charge in [-0.25, -0.2) is 0 Å². The summed E-state index contributed by atoms with van der Waals surface area (Å²) < 4.78 is 0. The van der Waals surface area contributed by atoms with Crippen molar-refractivity contribution in [3.05, 3.63) is 0 Å². The first kappa shape index (κ1) is 12.9. The Kier molecular flexibility index (Phi) is 5.58. The van der Waals surface area contributed by atoms with Crippen LogP contribution in [0.5, 0.6) is 0 Å². The smallest absolute Gasteiger partial charge is 0.0105 e. The quantitative estimate of drug-likeness (QED) is 0.739. The summed E-state index contributed by atoms with van der Waals surface area (Å²) in [5, 5.41) is 0. The highest BCUT2D eigenvalue weighted by Gasteiger charge is 2.20. The summed E-state index contributed by atoms with van der Waals surface area (Å²) in [7, 11) is 2.23. The van der Waals surface area contributed by atoms with Gasteiger partial charge in [0.2, 0.25) is 0 Å². The van der Waals surface area contributed by atoms with Crippen molar-refractivity contribution in [1.82, 2.24) is 9.80 Å². The molecule has 0 aromatic rings. The van der Waals surface area contributed by atoms with Gasteiger partial charge in [0.15, 0.2) is 0 Å². The lowest BCUT2D eigenvalue weighted by Gasteiger charge is -2.34. The number of likely N-dealkylation sites (tertiary alicyclic amines) is 1. The van der Waals surface area contributed by atoms with Crippen LogP contribution in [0.4, 0.5) is 0 Å². The first-order chi connectivity index (χ1) is 7.13. The average Bonchev–Trinajstić information content (AvgIpc) is 2.21. The van der Waals surface area contributed by atoms with Gasteiger partial charge in [-0.2, -0.15) is 0 Å². The number of nitrogens with two attached hydrogens (primary N) is 1. The molecule has 0 aliphatic carbocycles. The third-order valence-corrected chi connectivity index (χ3v) is 3.58. The van der Waals surface area contributed by atoms with Gasteiger partial charge in [-0.05, 0) is 52.7 Å². The third-order valence-electron chi connectivity index (χ3n) is 3.58. The largest absolute Gasteiger partial charge is 0.329 e. The average molecular weight is 213 g/mol. The van der Waals surface area contributed by atoms with Crippen molar-refractivity contribution in [1.29, 1.82) is 0 Å². The summed E-state index contributed by atoms with van der Waals surface area (Å²) in [5.74, 6) is 0.895. The van der Waals surface area contributed by atoms with Gasteiger partial charge in [-0.3, -0.25) is 0 Å². The van der Waals surface area contributed by atoms with Gasteiger partial charge in [-0.1, -0.05) is 0 Å². The second-order valence-electron chi connectivity index (χ2n) is 5.11. The lowest BCUT2D eigenvalue weighted by Crippen LogP contribution is -2.41. The molecular weight excluding hydrogens is 186 g/mol. The summed E-state index contributed by atoms with van der Waals surface area (Å²) in [6.45, 7) is 10.2. The maximum absolute atomic E-state index is 5.56. The van der Waals surface area contributed by atoms with Crippen LogP contribution >= 0.6 is 0 Å². The molecule has 0 unspecified atom stereocenters. The number of nitrogens with zero attached hydrogens (tertiary/aromatic N) is 2. The molecule has 1 aliphatic rings. The van der Waals surface area contributed by atoms with Crippen molar-refractivity contribution in [2.24, 2.45) is 11.7 Å². The minimum atomic E-state index is 0.673. The van der Waals surface area contributed by atoms with Gasteiger partial charge in [0.05, 0.1) is 0 Å². The Balaban J connectivity index is 2.19. The van der Waals surface area contributed by atoms with Gasteiger partial charge in [0.1, 0.15) is 0 Å². The molecular formula is C12H27N3. The highest BCUT2D eigenvalue weighted by molar-refractivity contribution is 4.75. The molecule has 1 rings (SSSR count). The van der Waals surface area contributed by atoms with Crippen LogP contribution in [0.3, 0.4) is 0 Å². The van der Waals surface area contributed by atoms with Crippen LogP contribution < -0.4 is 5.73 Å². The maximum Gasteiger partial charge on any atom is 0.0105 e. The molecule has 0 amide bonds. The molecule has 1 heterocycles. The van der Waals surface area contributed by atoms with Gasteiger partial charge < -0.3 is 15.5 Å². The molecule has 0 aromatic heterocycles. The van der Waals surface area contributed by atoms with Crippen molar-refractivity contribution in [2.45, 2.75) is 32.7 Å². The van der Waals surface area contributed by atoms with Crippen LogP contribution in [0.25, 0.3) is 0 Å².